The third-order valence-electron chi connectivity index (χ3n) is 2.80. The van der Waals surface area contributed by atoms with Gasteiger partial charge in [-0.1, -0.05) is 51.0 Å². The number of ether oxygens (including phenoxy) is 1. The van der Waals surface area contributed by atoms with Gasteiger partial charge in [-0.15, -0.1) is 0 Å². The van der Waals surface area contributed by atoms with Gasteiger partial charge in [-0.25, -0.2) is 4.79 Å². The predicted molar refractivity (Wildman–Crippen MR) is 73.8 cm³/mol. The van der Waals surface area contributed by atoms with Crippen LogP contribution in [-0.4, -0.2) is 18.2 Å². The summed E-state index contributed by atoms with van der Waals surface area (Å²) in [5.74, 6) is -0.671. The highest BCUT2D eigenvalue weighted by molar-refractivity contribution is 7.72. The Kier molecular flexibility index (Phi) is 2.96. The summed E-state index contributed by atoms with van der Waals surface area (Å²) >= 11 is 0. The summed E-state index contributed by atoms with van der Waals surface area (Å²) < 4.78 is 4.69. The van der Waals surface area contributed by atoms with Crippen molar-refractivity contribution in [1.82, 2.24) is 0 Å². The van der Waals surface area contributed by atoms with Crippen LogP contribution < -0.4 is 4.98 Å². The smallest absolute Gasteiger partial charge is 0.381 e. The molecule has 2 heterocycles. The SMILES string of the molecule is COC(=O)c1c(O)[nH+]c2c(-c3ccccc3)ssc1-2. The first-order valence-electron chi connectivity index (χ1n) is 5.53. The van der Waals surface area contributed by atoms with Crippen LogP contribution in [0, 0.1) is 0 Å². The number of aromatic nitrogens is 1. The van der Waals surface area contributed by atoms with Crippen molar-refractivity contribution in [1.29, 1.82) is 0 Å². The van der Waals surface area contributed by atoms with E-state index in [1.807, 2.05) is 30.3 Å². The summed E-state index contributed by atoms with van der Waals surface area (Å²) in [6.45, 7) is 0. The summed E-state index contributed by atoms with van der Waals surface area (Å²) in [6, 6.07) is 9.84. The Morgan fingerprint density at radius 2 is 1.89 bits per heavy atom. The molecule has 0 atom stereocenters. The number of hydrogen-bond acceptors (Lipinski definition) is 5. The first kappa shape index (κ1) is 12.1. The highest BCUT2D eigenvalue weighted by Crippen LogP contribution is 2.45. The summed E-state index contributed by atoms with van der Waals surface area (Å²) in [6.07, 6.45) is 0. The zero-order chi connectivity index (χ0) is 13.4. The van der Waals surface area contributed by atoms with Crippen molar-refractivity contribution >= 4 is 26.7 Å². The fraction of sp³-hybridized carbons (Fsp3) is 0.0769. The normalized spacial score (nSPS) is 10.8. The molecule has 2 N–H and O–H groups in total. The quantitative estimate of drug-likeness (QED) is 0.583. The second-order valence-electron chi connectivity index (χ2n) is 3.91. The molecule has 0 saturated heterocycles. The number of H-pyrrole nitrogens is 1. The molecular formula is C13H10NO3S2+. The Bertz CT molecular complexity index is 702. The van der Waals surface area contributed by atoms with Crippen molar-refractivity contribution in [3.05, 3.63) is 35.9 Å². The topological polar surface area (TPSA) is 60.7 Å². The molecule has 96 valence electrons. The van der Waals surface area contributed by atoms with Gasteiger partial charge in [-0.05, 0) is 5.56 Å². The lowest BCUT2D eigenvalue weighted by atomic mass is 10.1. The van der Waals surface area contributed by atoms with Crippen molar-refractivity contribution in [3.63, 3.8) is 0 Å². The minimum absolute atomic E-state index is 0.141. The van der Waals surface area contributed by atoms with Gasteiger partial charge in [0.05, 0.1) is 7.11 Å². The summed E-state index contributed by atoms with van der Waals surface area (Å²) in [7, 11) is 4.32. The molecule has 0 spiro atoms. The molecule has 0 bridgehead atoms. The molecule has 19 heavy (non-hydrogen) atoms. The first-order chi connectivity index (χ1) is 9.22. The number of methoxy groups -OCH3 is 1. The van der Waals surface area contributed by atoms with Gasteiger partial charge in [0, 0.05) is 0 Å². The first-order valence-corrected chi connectivity index (χ1v) is 7.68. The fourth-order valence-electron chi connectivity index (χ4n) is 1.91. The van der Waals surface area contributed by atoms with Gasteiger partial charge in [0.25, 0.3) is 0 Å². The monoisotopic (exact) mass is 292 g/mol. The zero-order valence-electron chi connectivity index (χ0n) is 9.97. The molecule has 2 aliphatic rings. The van der Waals surface area contributed by atoms with E-state index < -0.39 is 5.97 Å². The Labute approximate surface area is 116 Å². The highest BCUT2D eigenvalue weighted by Gasteiger charge is 2.35. The van der Waals surface area contributed by atoms with E-state index in [1.54, 1.807) is 10.3 Å². The molecule has 0 aromatic heterocycles. The second kappa shape index (κ2) is 4.64. The third-order valence-corrected chi connectivity index (χ3v) is 5.31. The van der Waals surface area contributed by atoms with E-state index in [0.29, 0.717) is 0 Å². The van der Waals surface area contributed by atoms with Crippen LogP contribution in [0.2, 0.25) is 0 Å². The van der Waals surface area contributed by atoms with Crippen LogP contribution in [0.25, 0.3) is 21.0 Å². The Morgan fingerprint density at radius 3 is 2.58 bits per heavy atom. The predicted octanol–water partition coefficient (Wildman–Crippen LogP) is 2.89. The van der Waals surface area contributed by atoms with E-state index in [-0.39, 0.29) is 11.4 Å². The molecule has 0 radical (unpaired) electrons. The molecule has 6 heteroatoms. The van der Waals surface area contributed by atoms with Crippen molar-refractivity contribution in [2.45, 2.75) is 0 Å². The number of carbonyl (C=O) groups is 1. The van der Waals surface area contributed by atoms with Gasteiger partial charge in [0.1, 0.15) is 9.75 Å². The maximum Gasteiger partial charge on any atom is 0.381 e. The Balaban J connectivity index is 2.15. The molecule has 1 aromatic carbocycles. The van der Waals surface area contributed by atoms with Gasteiger partial charge >= 0.3 is 11.8 Å². The van der Waals surface area contributed by atoms with Crippen LogP contribution in [0.5, 0.6) is 5.88 Å². The minimum Gasteiger partial charge on any atom is -0.465 e. The molecule has 0 aliphatic carbocycles. The van der Waals surface area contributed by atoms with Gasteiger partial charge in [-0.3, -0.25) is 0 Å². The van der Waals surface area contributed by atoms with E-state index >= 15 is 0 Å². The minimum atomic E-state index is -0.530. The van der Waals surface area contributed by atoms with Crippen LogP contribution in [0.1, 0.15) is 10.4 Å². The van der Waals surface area contributed by atoms with Crippen molar-refractivity contribution in [3.8, 4) is 26.9 Å². The van der Waals surface area contributed by atoms with Gasteiger partial charge in [0.2, 0.25) is 5.69 Å². The number of aromatic hydroxyl groups is 1. The molecule has 1 aromatic rings. The summed E-state index contributed by atoms with van der Waals surface area (Å²) in [4.78, 5) is 16.3. The second-order valence-corrected chi connectivity index (χ2v) is 6.06. The summed E-state index contributed by atoms with van der Waals surface area (Å²) in [5.41, 5.74) is 2.04. The number of nitrogens with one attached hydrogen (secondary N) is 1. The van der Waals surface area contributed by atoms with Gasteiger partial charge in [0.15, 0.2) is 5.56 Å². The molecule has 0 amide bonds. The number of aromatic amines is 1. The number of benzene rings is 1. The zero-order valence-corrected chi connectivity index (χ0v) is 11.6. The van der Waals surface area contributed by atoms with Crippen LogP contribution in [-0.2, 0) is 4.74 Å². The maximum absolute atomic E-state index is 11.7. The van der Waals surface area contributed by atoms with Crippen LogP contribution in [0.15, 0.2) is 30.3 Å². The largest absolute Gasteiger partial charge is 0.465 e. The lowest BCUT2D eigenvalue weighted by Gasteiger charge is -1.94. The Morgan fingerprint density at radius 1 is 1.21 bits per heavy atom. The Hall–Kier alpha value is -1.92. The average molecular weight is 292 g/mol. The highest BCUT2D eigenvalue weighted by atomic mass is 32.9. The van der Waals surface area contributed by atoms with E-state index in [2.05, 4.69) is 4.98 Å². The van der Waals surface area contributed by atoms with Gasteiger partial charge in [-0.2, -0.15) is 4.98 Å². The van der Waals surface area contributed by atoms with Crippen LogP contribution in [0.3, 0.4) is 0 Å². The van der Waals surface area contributed by atoms with E-state index in [4.69, 9.17) is 4.74 Å². The lowest BCUT2D eigenvalue weighted by molar-refractivity contribution is -0.375. The summed E-state index contributed by atoms with van der Waals surface area (Å²) in [5, 5.41) is 9.85. The van der Waals surface area contributed by atoms with Crippen LogP contribution in [0.4, 0.5) is 0 Å². The molecule has 2 aliphatic heterocycles. The molecule has 4 nitrogen and oxygen atoms in total. The van der Waals surface area contributed by atoms with Crippen LogP contribution >= 0.6 is 20.7 Å². The number of esters is 1. The average Bonchev–Trinajstić information content (AvgIpc) is 2.96. The van der Waals surface area contributed by atoms with E-state index in [9.17, 15) is 9.90 Å². The van der Waals surface area contributed by atoms with E-state index in [1.165, 1.54) is 17.5 Å². The third kappa shape index (κ3) is 1.89. The van der Waals surface area contributed by atoms with Crippen molar-refractivity contribution in [2.24, 2.45) is 0 Å². The number of fused-ring (bicyclic) bond motifs is 1. The molecule has 0 unspecified atom stereocenters. The molecule has 3 rings (SSSR count). The van der Waals surface area contributed by atoms with Gasteiger partial charge < -0.3 is 9.84 Å². The molecular weight excluding hydrogens is 282 g/mol. The van der Waals surface area contributed by atoms with Crippen molar-refractivity contribution in [2.75, 3.05) is 7.11 Å². The van der Waals surface area contributed by atoms with E-state index in [0.717, 1.165) is 21.0 Å². The standard InChI is InChI=1S/C13H9NO3S2/c1-17-13(16)8-11-9(14-12(8)15)10(18-19-11)7-5-3-2-4-6-7/h2-6H,1H3,(H,14,15)/p+1. The number of rotatable bonds is 2. The van der Waals surface area contributed by atoms with Crippen molar-refractivity contribution < 1.29 is 19.6 Å². The molecule has 0 saturated carbocycles. The number of hydrogen-bond donors (Lipinski definition) is 1. The maximum atomic E-state index is 11.7. The lowest BCUT2D eigenvalue weighted by Crippen LogP contribution is -2.02. The fourth-order valence-corrected chi connectivity index (χ4v) is 4.65. The molecule has 0 fully saturated rings. The number of carbonyl (C=O) groups excluding carboxylic acids is 1.